The van der Waals surface area contributed by atoms with Crippen molar-refractivity contribution in [3.63, 3.8) is 0 Å². The third kappa shape index (κ3) is 4.07. The van der Waals surface area contributed by atoms with Gasteiger partial charge in [-0.25, -0.2) is 0 Å². The van der Waals surface area contributed by atoms with Crippen LogP contribution >= 0.6 is 0 Å². The number of carbonyl (C=O) groups excluding carboxylic acids is 2. The molecule has 0 aliphatic carbocycles. The van der Waals surface area contributed by atoms with E-state index in [2.05, 4.69) is 12.2 Å². The third-order valence-electron chi connectivity index (χ3n) is 4.24. The average Bonchev–Trinajstić information content (AvgIpc) is 2.53. The maximum atomic E-state index is 12.6. The van der Waals surface area contributed by atoms with Gasteiger partial charge < -0.3 is 15.3 Å². The molecule has 1 aliphatic rings. The van der Waals surface area contributed by atoms with Crippen molar-refractivity contribution in [3.05, 3.63) is 35.4 Å². The molecule has 1 saturated heterocycles. The van der Waals surface area contributed by atoms with Crippen molar-refractivity contribution < 1.29 is 14.7 Å². The van der Waals surface area contributed by atoms with Crippen LogP contribution in [-0.2, 0) is 11.3 Å². The summed E-state index contributed by atoms with van der Waals surface area (Å²) in [6.45, 7) is 4.75. The lowest BCUT2D eigenvalue weighted by Gasteiger charge is -2.37. The van der Waals surface area contributed by atoms with Gasteiger partial charge in [-0.3, -0.25) is 9.59 Å². The molecule has 2 amide bonds. The van der Waals surface area contributed by atoms with Crippen molar-refractivity contribution in [1.82, 2.24) is 10.2 Å². The number of likely N-dealkylation sites (tertiary alicyclic amines) is 1. The van der Waals surface area contributed by atoms with Crippen molar-refractivity contribution >= 4 is 11.8 Å². The molecule has 0 bridgehead atoms. The second kappa shape index (κ2) is 7.40. The molecule has 22 heavy (non-hydrogen) atoms. The van der Waals surface area contributed by atoms with E-state index in [9.17, 15) is 14.7 Å². The first-order valence-corrected chi connectivity index (χ1v) is 7.76. The topological polar surface area (TPSA) is 69.6 Å². The predicted molar refractivity (Wildman–Crippen MR) is 84.3 cm³/mol. The van der Waals surface area contributed by atoms with Gasteiger partial charge in [-0.05, 0) is 43.4 Å². The summed E-state index contributed by atoms with van der Waals surface area (Å²) in [7, 11) is 0. The van der Waals surface area contributed by atoms with E-state index < -0.39 is 0 Å². The molecule has 1 heterocycles. The van der Waals surface area contributed by atoms with Gasteiger partial charge in [0.15, 0.2) is 0 Å². The number of aliphatic hydroxyl groups is 1. The van der Waals surface area contributed by atoms with Crippen LogP contribution in [0.2, 0.25) is 0 Å². The molecule has 1 aromatic carbocycles. The lowest BCUT2D eigenvalue weighted by molar-refractivity contribution is -0.119. The van der Waals surface area contributed by atoms with E-state index in [0.29, 0.717) is 18.7 Å². The summed E-state index contributed by atoms with van der Waals surface area (Å²) >= 11 is 0. The molecule has 2 atom stereocenters. The van der Waals surface area contributed by atoms with Gasteiger partial charge in [0.1, 0.15) is 0 Å². The summed E-state index contributed by atoms with van der Waals surface area (Å²) in [6.07, 6.45) is 1.90. The third-order valence-corrected chi connectivity index (χ3v) is 4.24. The highest BCUT2D eigenvalue weighted by Gasteiger charge is 2.29. The lowest BCUT2D eigenvalue weighted by atomic mass is 9.93. The van der Waals surface area contributed by atoms with E-state index >= 15 is 0 Å². The number of amides is 2. The van der Waals surface area contributed by atoms with Crippen molar-refractivity contribution in [3.8, 4) is 0 Å². The first kappa shape index (κ1) is 16.5. The SMILES string of the molecule is CC(=O)NCc1ccc(C(=O)N2CC(CO)CCC2C)cc1. The molecule has 0 saturated carbocycles. The minimum absolute atomic E-state index is 0.0109. The van der Waals surface area contributed by atoms with Gasteiger partial charge in [0.25, 0.3) is 5.91 Å². The maximum absolute atomic E-state index is 12.6. The molecule has 0 radical (unpaired) electrons. The highest BCUT2D eigenvalue weighted by molar-refractivity contribution is 5.94. The van der Waals surface area contributed by atoms with Gasteiger partial charge in [-0.2, -0.15) is 0 Å². The fourth-order valence-electron chi connectivity index (χ4n) is 2.77. The van der Waals surface area contributed by atoms with Crippen LogP contribution in [-0.4, -0.2) is 41.0 Å². The summed E-state index contributed by atoms with van der Waals surface area (Å²) in [5.74, 6) is 0.119. The van der Waals surface area contributed by atoms with E-state index in [1.807, 2.05) is 17.0 Å². The van der Waals surface area contributed by atoms with Crippen molar-refractivity contribution in [2.24, 2.45) is 5.92 Å². The zero-order chi connectivity index (χ0) is 16.1. The number of hydrogen-bond donors (Lipinski definition) is 2. The number of carbonyl (C=O) groups is 2. The molecule has 2 rings (SSSR count). The van der Waals surface area contributed by atoms with E-state index in [1.165, 1.54) is 6.92 Å². The number of piperidine rings is 1. The second-order valence-electron chi connectivity index (χ2n) is 6.04. The van der Waals surface area contributed by atoms with Crippen molar-refractivity contribution in [2.75, 3.05) is 13.2 Å². The Morgan fingerprint density at radius 3 is 2.55 bits per heavy atom. The smallest absolute Gasteiger partial charge is 0.254 e. The normalized spacial score (nSPS) is 21.5. The van der Waals surface area contributed by atoms with Gasteiger partial charge in [0, 0.05) is 38.2 Å². The van der Waals surface area contributed by atoms with Crippen LogP contribution in [0.5, 0.6) is 0 Å². The molecule has 5 heteroatoms. The Morgan fingerprint density at radius 1 is 1.27 bits per heavy atom. The Morgan fingerprint density at radius 2 is 1.95 bits per heavy atom. The fourth-order valence-corrected chi connectivity index (χ4v) is 2.77. The molecule has 0 aromatic heterocycles. The van der Waals surface area contributed by atoms with Gasteiger partial charge in [0.05, 0.1) is 0 Å². The standard InChI is InChI=1S/C17H24N2O3/c1-12-3-4-15(11-20)10-19(12)17(22)16-7-5-14(6-8-16)9-18-13(2)21/h5-8,12,15,20H,3-4,9-11H2,1-2H3,(H,18,21). The number of hydrogen-bond acceptors (Lipinski definition) is 3. The highest BCUT2D eigenvalue weighted by Crippen LogP contribution is 2.23. The molecular weight excluding hydrogens is 280 g/mol. The molecule has 2 unspecified atom stereocenters. The Kier molecular flexibility index (Phi) is 5.55. The van der Waals surface area contributed by atoms with Gasteiger partial charge in [-0.1, -0.05) is 12.1 Å². The fraction of sp³-hybridized carbons (Fsp3) is 0.529. The van der Waals surface area contributed by atoms with Crippen LogP contribution < -0.4 is 5.32 Å². The largest absolute Gasteiger partial charge is 0.396 e. The van der Waals surface area contributed by atoms with Crippen LogP contribution in [0.3, 0.4) is 0 Å². The van der Waals surface area contributed by atoms with Crippen LogP contribution in [0.1, 0.15) is 42.6 Å². The monoisotopic (exact) mass is 304 g/mol. The average molecular weight is 304 g/mol. The minimum atomic E-state index is -0.0719. The van der Waals surface area contributed by atoms with E-state index in [4.69, 9.17) is 0 Å². The highest BCUT2D eigenvalue weighted by atomic mass is 16.3. The summed E-state index contributed by atoms with van der Waals surface area (Å²) in [4.78, 5) is 25.4. The zero-order valence-corrected chi connectivity index (χ0v) is 13.2. The lowest BCUT2D eigenvalue weighted by Crippen LogP contribution is -2.46. The first-order chi connectivity index (χ1) is 10.5. The Balaban J connectivity index is 2.03. The molecule has 120 valence electrons. The van der Waals surface area contributed by atoms with Gasteiger partial charge in [-0.15, -0.1) is 0 Å². The predicted octanol–water partition coefficient (Wildman–Crippen LogP) is 1.56. The van der Waals surface area contributed by atoms with Gasteiger partial charge >= 0.3 is 0 Å². The first-order valence-electron chi connectivity index (χ1n) is 7.76. The molecule has 0 spiro atoms. The number of nitrogens with zero attached hydrogens (tertiary/aromatic N) is 1. The van der Waals surface area contributed by atoms with Gasteiger partial charge in [0.2, 0.25) is 5.91 Å². The Labute approximate surface area is 131 Å². The Bertz CT molecular complexity index is 527. The van der Waals surface area contributed by atoms with Crippen LogP contribution in [0.15, 0.2) is 24.3 Å². The second-order valence-corrected chi connectivity index (χ2v) is 6.04. The molecule has 1 aromatic rings. The molecule has 5 nitrogen and oxygen atoms in total. The zero-order valence-electron chi connectivity index (χ0n) is 13.2. The number of nitrogens with one attached hydrogen (secondary N) is 1. The summed E-state index contributed by atoms with van der Waals surface area (Å²) in [6, 6.07) is 7.53. The van der Waals surface area contributed by atoms with Crippen molar-refractivity contribution in [2.45, 2.75) is 39.3 Å². The quantitative estimate of drug-likeness (QED) is 0.887. The maximum Gasteiger partial charge on any atom is 0.254 e. The molecule has 1 aliphatic heterocycles. The molecule has 2 N–H and O–H groups in total. The van der Waals surface area contributed by atoms with Crippen molar-refractivity contribution in [1.29, 1.82) is 0 Å². The number of rotatable bonds is 4. The Hall–Kier alpha value is -1.88. The van der Waals surface area contributed by atoms with Crippen LogP contribution in [0.4, 0.5) is 0 Å². The van der Waals surface area contributed by atoms with Crippen LogP contribution in [0.25, 0.3) is 0 Å². The molecular formula is C17H24N2O3. The number of aliphatic hydroxyl groups excluding tert-OH is 1. The van der Waals surface area contributed by atoms with E-state index in [1.54, 1.807) is 12.1 Å². The summed E-state index contributed by atoms with van der Waals surface area (Å²) in [5.41, 5.74) is 1.61. The van der Waals surface area contributed by atoms with Crippen LogP contribution in [0, 0.1) is 5.92 Å². The van der Waals surface area contributed by atoms with E-state index in [-0.39, 0.29) is 30.4 Å². The molecule has 1 fully saturated rings. The summed E-state index contributed by atoms with van der Waals surface area (Å²) in [5, 5.41) is 12.0. The van der Waals surface area contributed by atoms with E-state index in [0.717, 1.165) is 18.4 Å². The number of benzene rings is 1. The summed E-state index contributed by atoms with van der Waals surface area (Å²) < 4.78 is 0. The minimum Gasteiger partial charge on any atom is -0.396 e.